The summed E-state index contributed by atoms with van der Waals surface area (Å²) >= 11 is 3.10. The van der Waals surface area contributed by atoms with Crippen LogP contribution in [0.15, 0.2) is 16.6 Å². The van der Waals surface area contributed by atoms with Gasteiger partial charge in [-0.1, -0.05) is 36.7 Å². The molecule has 18 heavy (non-hydrogen) atoms. The molecular weight excluding hydrogens is 300 g/mol. The quantitative estimate of drug-likeness (QED) is 0.793. The molecule has 1 nitrogen and oxygen atoms in total. The van der Waals surface area contributed by atoms with Gasteiger partial charge in [-0.15, -0.1) is 0 Å². The van der Waals surface area contributed by atoms with Crippen molar-refractivity contribution < 1.29 is 8.78 Å². The van der Waals surface area contributed by atoms with Gasteiger partial charge >= 0.3 is 0 Å². The molecule has 1 unspecified atom stereocenters. The van der Waals surface area contributed by atoms with E-state index in [9.17, 15) is 8.78 Å². The van der Waals surface area contributed by atoms with Gasteiger partial charge < -0.3 is 5.32 Å². The molecule has 0 amide bonds. The molecule has 102 valence electrons. The second-order valence-electron chi connectivity index (χ2n) is 4.92. The van der Waals surface area contributed by atoms with Crippen molar-refractivity contribution in [3.63, 3.8) is 0 Å². The molecule has 4 heteroatoms. The molecule has 0 saturated carbocycles. The predicted molar refractivity (Wildman–Crippen MR) is 74.5 cm³/mol. The van der Waals surface area contributed by atoms with Gasteiger partial charge in [-0.05, 0) is 37.4 Å². The zero-order valence-electron chi connectivity index (χ0n) is 11.1. The maximum Gasteiger partial charge on any atom is 0.132 e. The van der Waals surface area contributed by atoms with Crippen LogP contribution in [0.1, 0.15) is 45.2 Å². The fourth-order valence-corrected chi connectivity index (χ4v) is 2.38. The van der Waals surface area contributed by atoms with Gasteiger partial charge in [0.1, 0.15) is 11.6 Å². The monoisotopic (exact) mass is 319 g/mol. The second-order valence-corrected chi connectivity index (χ2v) is 5.84. The molecule has 0 saturated heterocycles. The first-order chi connectivity index (χ1) is 8.45. The Morgan fingerprint density at radius 2 is 1.78 bits per heavy atom. The number of benzene rings is 1. The van der Waals surface area contributed by atoms with Crippen LogP contribution in [0.4, 0.5) is 8.78 Å². The largest absolute Gasteiger partial charge is 0.310 e. The average molecular weight is 320 g/mol. The van der Waals surface area contributed by atoms with Gasteiger partial charge in [0.15, 0.2) is 0 Å². The average Bonchev–Trinajstić information content (AvgIpc) is 2.23. The highest BCUT2D eigenvalue weighted by molar-refractivity contribution is 9.10. The van der Waals surface area contributed by atoms with Crippen molar-refractivity contribution >= 4 is 15.9 Å². The molecule has 0 aliphatic rings. The SMILES string of the molecule is CCCNC(CC(C)C)c1c(F)cc(Br)cc1F. The molecule has 1 N–H and O–H groups in total. The number of halogens is 3. The third-order valence-electron chi connectivity index (χ3n) is 2.74. The van der Waals surface area contributed by atoms with Crippen LogP contribution >= 0.6 is 15.9 Å². The van der Waals surface area contributed by atoms with Crippen LogP contribution in [-0.4, -0.2) is 6.54 Å². The van der Waals surface area contributed by atoms with Gasteiger partial charge in [0.25, 0.3) is 0 Å². The summed E-state index contributed by atoms with van der Waals surface area (Å²) in [5, 5.41) is 3.22. The molecule has 1 atom stereocenters. The van der Waals surface area contributed by atoms with E-state index in [-0.39, 0.29) is 11.6 Å². The molecule has 1 aromatic carbocycles. The van der Waals surface area contributed by atoms with E-state index in [1.165, 1.54) is 12.1 Å². The van der Waals surface area contributed by atoms with Crippen LogP contribution in [0.2, 0.25) is 0 Å². The Morgan fingerprint density at radius 3 is 2.22 bits per heavy atom. The molecule has 0 bridgehead atoms. The van der Waals surface area contributed by atoms with Crippen LogP contribution in [0.5, 0.6) is 0 Å². The van der Waals surface area contributed by atoms with Gasteiger partial charge in [0.2, 0.25) is 0 Å². The van der Waals surface area contributed by atoms with Crippen LogP contribution in [0.25, 0.3) is 0 Å². The summed E-state index contributed by atoms with van der Waals surface area (Å²) in [5.41, 5.74) is 0.153. The topological polar surface area (TPSA) is 12.0 Å². The van der Waals surface area contributed by atoms with Gasteiger partial charge in [0, 0.05) is 16.1 Å². The van der Waals surface area contributed by atoms with Gasteiger partial charge in [-0.2, -0.15) is 0 Å². The Morgan fingerprint density at radius 1 is 1.22 bits per heavy atom. The van der Waals surface area contributed by atoms with Crippen molar-refractivity contribution in [1.82, 2.24) is 5.32 Å². The lowest BCUT2D eigenvalue weighted by atomic mass is 9.96. The maximum absolute atomic E-state index is 13.9. The summed E-state index contributed by atoms with van der Waals surface area (Å²) in [6.45, 7) is 6.89. The van der Waals surface area contributed by atoms with E-state index >= 15 is 0 Å². The molecule has 0 fully saturated rings. The minimum Gasteiger partial charge on any atom is -0.310 e. The number of hydrogen-bond donors (Lipinski definition) is 1. The van der Waals surface area contributed by atoms with E-state index in [1.807, 2.05) is 6.92 Å². The fourth-order valence-electron chi connectivity index (χ4n) is 1.98. The maximum atomic E-state index is 13.9. The van der Waals surface area contributed by atoms with Crippen LogP contribution in [-0.2, 0) is 0 Å². The summed E-state index contributed by atoms with van der Waals surface area (Å²) in [6.07, 6.45) is 1.66. The number of rotatable bonds is 6. The molecule has 1 rings (SSSR count). The van der Waals surface area contributed by atoms with E-state index in [0.717, 1.165) is 19.4 Å². The molecular formula is C14H20BrF2N. The predicted octanol–water partition coefficient (Wildman–Crippen LogP) is 4.81. The standard InChI is InChI=1S/C14H20BrF2N/c1-4-5-18-13(6-9(2)3)14-11(16)7-10(15)8-12(14)17/h7-9,13,18H,4-6H2,1-3H3. The summed E-state index contributed by atoms with van der Waals surface area (Å²) in [4.78, 5) is 0. The highest BCUT2D eigenvalue weighted by atomic mass is 79.9. The minimum atomic E-state index is -0.490. The van der Waals surface area contributed by atoms with Crippen molar-refractivity contribution in [1.29, 1.82) is 0 Å². The summed E-state index contributed by atoms with van der Waals surface area (Å²) in [5.74, 6) is -0.603. The lowest BCUT2D eigenvalue weighted by Crippen LogP contribution is -2.25. The third kappa shape index (κ3) is 4.32. The first-order valence-corrected chi connectivity index (χ1v) is 7.12. The first-order valence-electron chi connectivity index (χ1n) is 6.33. The lowest BCUT2D eigenvalue weighted by Gasteiger charge is -2.22. The van der Waals surface area contributed by atoms with E-state index in [0.29, 0.717) is 10.4 Å². The van der Waals surface area contributed by atoms with E-state index in [2.05, 4.69) is 35.1 Å². The van der Waals surface area contributed by atoms with Crippen molar-refractivity contribution in [2.45, 2.75) is 39.7 Å². The van der Waals surface area contributed by atoms with Crippen LogP contribution in [0, 0.1) is 17.6 Å². The van der Waals surface area contributed by atoms with Gasteiger partial charge in [-0.3, -0.25) is 0 Å². The summed E-state index contributed by atoms with van der Waals surface area (Å²) < 4.78 is 28.3. The normalized spacial score (nSPS) is 13.1. The lowest BCUT2D eigenvalue weighted by molar-refractivity contribution is 0.400. The molecule has 0 radical (unpaired) electrons. The Hall–Kier alpha value is -0.480. The number of nitrogens with one attached hydrogen (secondary N) is 1. The molecule has 0 spiro atoms. The Balaban J connectivity index is 3.03. The van der Waals surface area contributed by atoms with Crippen molar-refractivity contribution in [2.75, 3.05) is 6.54 Å². The van der Waals surface area contributed by atoms with Crippen molar-refractivity contribution in [3.8, 4) is 0 Å². The Bertz CT molecular complexity index is 370. The fraction of sp³-hybridized carbons (Fsp3) is 0.571. The zero-order valence-corrected chi connectivity index (χ0v) is 12.7. The first kappa shape index (κ1) is 15.6. The third-order valence-corrected chi connectivity index (χ3v) is 3.20. The zero-order chi connectivity index (χ0) is 13.7. The van der Waals surface area contributed by atoms with E-state index in [4.69, 9.17) is 0 Å². The minimum absolute atomic E-state index is 0.153. The van der Waals surface area contributed by atoms with Crippen molar-refractivity contribution in [2.24, 2.45) is 5.92 Å². The number of hydrogen-bond acceptors (Lipinski definition) is 1. The van der Waals surface area contributed by atoms with Crippen molar-refractivity contribution in [3.05, 3.63) is 33.8 Å². The Kier molecular flexibility index (Phi) is 6.22. The van der Waals surface area contributed by atoms with Gasteiger partial charge in [-0.25, -0.2) is 8.78 Å². The van der Waals surface area contributed by atoms with E-state index < -0.39 is 11.6 Å². The summed E-state index contributed by atoms with van der Waals surface area (Å²) in [6, 6.07) is 2.37. The molecule has 0 aromatic heterocycles. The highest BCUT2D eigenvalue weighted by Crippen LogP contribution is 2.28. The molecule has 0 heterocycles. The molecule has 0 aliphatic carbocycles. The molecule has 0 aliphatic heterocycles. The van der Waals surface area contributed by atoms with Crippen LogP contribution < -0.4 is 5.32 Å². The van der Waals surface area contributed by atoms with Crippen LogP contribution in [0.3, 0.4) is 0 Å². The second kappa shape index (κ2) is 7.19. The smallest absolute Gasteiger partial charge is 0.132 e. The van der Waals surface area contributed by atoms with E-state index in [1.54, 1.807) is 0 Å². The highest BCUT2D eigenvalue weighted by Gasteiger charge is 2.21. The Labute approximate surface area is 116 Å². The summed E-state index contributed by atoms with van der Waals surface area (Å²) in [7, 11) is 0. The molecule has 1 aromatic rings. The van der Waals surface area contributed by atoms with Gasteiger partial charge in [0.05, 0.1) is 0 Å².